The molecule has 1 saturated heterocycles. The number of hydrogen-bond donors (Lipinski definition) is 1. The van der Waals surface area contributed by atoms with Crippen molar-refractivity contribution in [2.45, 2.75) is 65.0 Å². The monoisotopic (exact) mass is 486 g/mol. The molecule has 7 nitrogen and oxygen atoms in total. The van der Waals surface area contributed by atoms with Crippen LogP contribution in [-0.4, -0.2) is 29.6 Å². The van der Waals surface area contributed by atoms with E-state index in [0.29, 0.717) is 30.9 Å². The summed E-state index contributed by atoms with van der Waals surface area (Å²) in [5.41, 5.74) is 3.20. The molecular formula is C29H34N4O3. The van der Waals surface area contributed by atoms with Crippen LogP contribution in [0.5, 0.6) is 0 Å². The first-order chi connectivity index (χ1) is 17.4. The molecule has 0 spiro atoms. The van der Waals surface area contributed by atoms with Gasteiger partial charge in [-0.2, -0.15) is 0 Å². The molecule has 0 unspecified atom stereocenters. The van der Waals surface area contributed by atoms with E-state index in [4.69, 9.17) is 4.74 Å². The van der Waals surface area contributed by atoms with Gasteiger partial charge in [-0.25, -0.2) is 9.78 Å². The van der Waals surface area contributed by atoms with Crippen LogP contribution in [-0.2, 0) is 16.1 Å². The third kappa shape index (κ3) is 3.35. The Labute approximate surface area is 212 Å². The maximum atomic E-state index is 14.6. The Bertz CT molecular complexity index is 1210. The van der Waals surface area contributed by atoms with Gasteiger partial charge in [0.2, 0.25) is 5.91 Å². The highest BCUT2D eigenvalue weighted by Gasteiger charge is 2.56. The summed E-state index contributed by atoms with van der Waals surface area (Å²) in [7, 11) is 0. The van der Waals surface area contributed by atoms with E-state index in [1.807, 2.05) is 29.2 Å². The summed E-state index contributed by atoms with van der Waals surface area (Å²) < 4.78 is 5.43. The standard InChI is InChI=1S/C29H34N4O3/c1-17(2)25-16-36-28(35)33(25)22-5-6-23-24(11-22)32(15-21-4-3-7-30-26(21)31-23)27(34)29-12-18-8-19(13-29)10-20(9-18)14-29/h3-7,11,17-20,25H,8-10,12-16H2,1-2H3,(H,30,31)/t18-,19+,20-,25-,29-/m0/s1. The molecule has 188 valence electrons. The zero-order valence-electron chi connectivity index (χ0n) is 21.1. The Balaban J connectivity index is 1.32. The number of aromatic nitrogens is 1. The third-order valence-electron chi connectivity index (χ3n) is 9.44. The van der Waals surface area contributed by atoms with Gasteiger partial charge in [0, 0.05) is 17.4 Å². The van der Waals surface area contributed by atoms with Gasteiger partial charge in [0.15, 0.2) is 0 Å². The minimum Gasteiger partial charge on any atom is -0.447 e. The lowest BCUT2D eigenvalue weighted by atomic mass is 9.49. The molecule has 1 aromatic heterocycles. The summed E-state index contributed by atoms with van der Waals surface area (Å²) in [6.45, 7) is 5.08. The van der Waals surface area contributed by atoms with Crippen LogP contribution in [0.4, 0.5) is 27.7 Å². The molecule has 36 heavy (non-hydrogen) atoms. The predicted molar refractivity (Wildman–Crippen MR) is 138 cm³/mol. The smallest absolute Gasteiger partial charge is 0.414 e. The lowest BCUT2D eigenvalue weighted by molar-refractivity contribution is -0.143. The highest BCUT2D eigenvalue weighted by molar-refractivity contribution is 6.03. The first-order valence-electron chi connectivity index (χ1n) is 13.5. The summed E-state index contributed by atoms with van der Waals surface area (Å²) in [6.07, 6.45) is 8.42. The minimum atomic E-state index is -0.320. The number of fused-ring (bicyclic) bond motifs is 2. The first kappa shape index (κ1) is 22.1. The second-order valence-electron chi connectivity index (χ2n) is 12.2. The fourth-order valence-electron chi connectivity index (χ4n) is 8.12. The Morgan fingerprint density at radius 3 is 2.53 bits per heavy atom. The topological polar surface area (TPSA) is 74.8 Å². The molecule has 0 radical (unpaired) electrons. The molecule has 8 rings (SSSR count). The average Bonchev–Trinajstić information content (AvgIpc) is 3.16. The van der Waals surface area contributed by atoms with Crippen LogP contribution in [0.25, 0.3) is 0 Å². The molecule has 2 aliphatic heterocycles. The third-order valence-corrected chi connectivity index (χ3v) is 9.44. The van der Waals surface area contributed by atoms with Crippen LogP contribution in [0.3, 0.4) is 0 Å². The van der Waals surface area contributed by atoms with Crippen molar-refractivity contribution >= 4 is 34.9 Å². The first-order valence-corrected chi connectivity index (χ1v) is 13.5. The van der Waals surface area contributed by atoms with Crippen molar-refractivity contribution in [2.24, 2.45) is 29.1 Å². The van der Waals surface area contributed by atoms with Gasteiger partial charge in [0.05, 0.1) is 29.4 Å². The Morgan fingerprint density at radius 1 is 1.11 bits per heavy atom. The normalized spacial score (nSPS) is 32.1. The fraction of sp³-hybridized carbons (Fsp3) is 0.552. The molecule has 5 fully saturated rings. The van der Waals surface area contributed by atoms with Gasteiger partial charge >= 0.3 is 6.09 Å². The number of rotatable bonds is 3. The zero-order valence-corrected chi connectivity index (χ0v) is 21.1. The fourth-order valence-corrected chi connectivity index (χ4v) is 8.12. The number of nitrogens with one attached hydrogen (secondary N) is 1. The van der Waals surface area contributed by atoms with Gasteiger partial charge in [0.1, 0.15) is 12.4 Å². The molecule has 7 heteroatoms. The Morgan fingerprint density at radius 2 is 1.83 bits per heavy atom. The van der Waals surface area contributed by atoms with Gasteiger partial charge in [-0.1, -0.05) is 19.9 Å². The zero-order chi connectivity index (χ0) is 24.6. The second kappa shape index (κ2) is 7.95. The van der Waals surface area contributed by atoms with Crippen LogP contribution in [0.15, 0.2) is 36.5 Å². The molecule has 1 N–H and O–H groups in total. The molecule has 2 aromatic rings. The molecule has 2 amide bonds. The van der Waals surface area contributed by atoms with Crippen LogP contribution >= 0.6 is 0 Å². The molecule has 1 aromatic carbocycles. The van der Waals surface area contributed by atoms with Gasteiger partial charge in [-0.05, 0) is 86.5 Å². The van der Waals surface area contributed by atoms with Crippen molar-refractivity contribution < 1.29 is 14.3 Å². The highest BCUT2D eigenvalue weighted by Crippen LogP contribution is 2.61. The SMILES string of the molecule is CC(C)[C@@H]1COC(=O)N1c1ccc2c(c1)N(C(=O)[C@]13C[C@H]4C[C@H](C[C@H](C4)C1)C3)Cc1cccnc1N2. The van der Waals surface area contributed by atoms with E-state index in [-0.39, 0.29) is 29.4 Å². The average molecular weight is 487 g/mol. The van der Waals surface area contributed by atoms with Crippen LogP contribution < -0.4 is 15.1 Å². The molecule has 4 bridgehead atoms. The number of amides is 2. The lowest BCUT2D eigenvalue weighted by Gasteiger charge is -2.56. The number of ether oxygens (including phenoxy) is 1. The van der Waals surface area contributed by atoms with E-state index in [2.05, 4.69) is 30.2 Å². The van der Waals surface area contributed by atoms with E-state index in [0.717, 1.165) is 47.7 Å². The maximum Gasteiger partial charge on any atom is 0.414 e. The number of hydrogen-bond acceptors (Lipinski definition) is 5. The van der Waals surface area contributed by atoms with E-state index in [1.165, 1.54) is 19.3 Å². The lowest BCUT2D eigenvalue weighted by Crippen LogP contribution is -2.54. The van der Waals surface area contributed by atoms with E-state index < -0.39 is 0 Å². The molecule has 4 saturated carbocycles. The second-order valence-corrected chi connectivity index (χ2v) is 12.2. The summed E-state index contributed by atoms with van der Waals surface area (Å²) >= 11 is 0. The number of benzene rings is 1. The summed E-state index contributed by atoms with van der Waals surface area (Å²) in [6, 6.07) is 9.90. The Kier molecular flexibility index (Phi) is 4.89. The molecule has 4 aliphatic carbocycles. The van der Waals surface area contributed by atoms with E-state index in [1.54, 1.807) is 11.1 Å². The number of nitrogens with zero attached hydrogens (tertiary/aromatic N) is 3. The number of carbonyl (C=O) groups excluding carboxylic acids is 2. The summed E-state index contributed by atoms with van der Waals surface area (Å²) in [5, 5.41) is 3.48. The molecule has 1 atom stereocenters. The van der Waals surface area contributed by atoms with Crippen LogP contribution in [0.1, 0.15) is 57.9 Å². The highest BCUT2D eigenvalue weighted by atomic mass is 16.6. The number of carbonyl (C=O) groups is 2. The van der Waals surface area contributed by atoms with Crippen LogP contribution in [0.2, 0.25) is 0 Å². The maximum absolute atomic E-state index is 14.6. The van der Waals surface area contributed by atoms with E-state index in [9.17, 15) is 9.59 Å². The molecule has 6 aliphatic rings. The summed E-state index contributed by atoms with van der Waals surface area (Å²) in [4.78, 5) is 35.7. The minimum absolute atomic E-state index is 0.0274. The van der Waals surface area contributed by atoms with Gasteiger partial charge in [-0.15, -0.1) is 0 Å². The quantitative estimate of drug-likeness (QED) is 0.587. The van der Waals surface area contributed by atoms with E-state index >= 15 is 0 Å². The largest absolute Gasteiger partial charge is 0.447 e. The van der Waals surface area contributed by atoms with Crippen molar-refractivity contribution in [3.63, 3.8) is 0 Å². The number of cyclic esters (lactones) is 1. The molecular weight excluding hydrogens is 452 g/mol. The van der Waals surface area contributed by atoms with Gasteiger partial charge in [0.25, 0.3) is 0 Å². The number of anilines is 4. The van der Waals surface area contributed by atoms with Crippen molar-refractivity contribution in [3.05, 3.63) is 42.1 Å². The van der Waals surface area contributed by atoms with Gasteiger partial charge in [-0.3, -0.25) is 9.69 Å². The van der Waals surface area contributed by atoms with Crippen molar-refractivity contribution in [1.29, 1.82) is 0 Å². The van der Waals surface area contributed by atoms with Gasteiger partial charge < -0.3 is 15.0 Å². The Hall–Kier alpha value is -3.09. The summed E-state index contributed by atoms with van der Waals surface area (Å²) in [5.74, 6) is 3.37. The predicted octanol–water partition coefficient (Wildman–Crippen LogP) is 5.87. The number of pyridine rings is 1. The van der Waals surface area contributed by atoms with Crippen LogP contribution in [0, 0.1) is 29.1 Å². The molecule has 3 heterocycles. The van der Waals surface area contributed by atoms with Crippen molar-refractivity contribution in [2.75, 3.05) is 21.7 Å². The van der Waals surface area contributed by atoms with Crippen molar-refractivity contribution in [1.82, 2.24) is 4.98 Å². The van der Waals surface area contributed by atoms with Crippen molar-refractivity contribution in [3.8, 4) is 0 Å².